The van der Waals surface area contributed by atoms with Crippen LogP contribution in [0.4, 0.5) is 47.7 Å². The molecule has 41 heavy (non-hydrogen) atoms. The van der Waals surface area contributed by atoms with E-state index in [0.717, 1.165) is 0 Å². The molecule has 0 saturated carbocycles. The monoisotopic (exact) mass is 586 g/mol. The Labute approximate surface area is 231 Å². The number of carbonyl (C=O) groups excluding carboxylic acids is 2. The predicted molar refractivity (Wildman–Crippen MR) is 139 cm³/mol. The van der Waals surface area contributed by atoms with E-state index in [1.54, 1.807) is 41.5 Å². The molecule has 0 radical (unpaired) electrons. The zero-order valence-electron chi connectivity index (χ0n) is 23.2. The molecule has 0 spiro atoms. The van der Waals surface area contributed by atoms with E-state index in [-0.39, 0.29) is 45.4 Å². The molecule has 2 aromatic carbocycles. The maximum absolute atomic E-state index is 13.5. The zero-order valence-corrected chi connectivity index (χ0v) is 23.2. The number of nitrogens with one attached hydrogen (secondary N) is 2. The van der Waals surface area contributed by atoms with Crippen LogP contribution < -0.4 is 10.6 Å². The van der Waals surface area contributed by atoms with E-state index >= 15 is 0 Å². The fourth-order valence-electron chi connectivity index (χ4n) is 3.76. The Kier molecular flexibility index (Phi) is 8.21. The Bertz CT molecular complexity index is 1460. The molecule has 0 aliphatic heterocycles. The highest BCUT2D eigenvalue weighted by Gasteiger charge is 2.37. The molecule has 1 aromatic heterocycles. The van der Waals surface area contributed by atoms with Gasteiger partial charge in [0.2, 0.25) is 5.95 Å². The summed E-state index contributed by atoms with van der Waals surface area (Å²) in [6.07, 6.45) is -12.0. The summed E-state index contributed by atoms with van der Waals surface area (Å²) >= 11 is 0. The summed E-state index contributed by atoms with van der Waals surface area (Å²) in [5, 5.41) is 4.86. The van der Waals surface area contributed by atoms with Gasteiger partial charge in [0.05, 0.1) is 16.6 Å². The van der Waals surface area contributed by atoms with Crippen LogP contribution in [0.15, 0.2) is 30.3 Å². The predicted octanol–water partition coefficient (Wildman–Crippen LogP) is 8.34. The number of aromatic nitrogens is 2. The van der Waals surface area contributed by atoms with Crippen LogP contribution in [0.25, 0.3) is 22.0 Å². The van der Waals surface area contributed by atoms with Gasteiger partial charge in [-0.3, -0.25) is 10.6 Å². The van der Waals surface area contributed by atoms with Gasteiger partial charge in [-0.15, -0.1) is 0 Å². The number of carbonyl (C=O) groups is 2. The van der Waals surface area contributed by atoms with E-state index in [9.17, 15) is 35.9 Å². The Hall–Kier alpha value is -4.10. The summed E-state index contributed by atoms with van der Waals surface area (Å²) < 4.78 is 91.5. The van der Waals surface area contributed by atoms with Gasteiger partial charge in [0, 0.05) is 5.39 Å². The quantitative estimate of drug-likeness (QED) is 0.299. The van der Waals surface area contributed by atoms with Crippen molar-refractivity contribution in [2.75, 3.05) is 10.6 Å². The van der Waals surface area contributed by atoms with Crippen LogP contribution in [-0.2, 0) is 21.8 Å². The van der Waals surface area contributed by atoms with Crippen molar-refractivity contribution in [3.05, 3.63) is 47.0 Å². The minimum absolute atomic E-state index is 0.00205. The summed E-state index contributed by atoms with van der Waals surface area (Å²) in [5.74, 6) is -0.499. The highest BCUT2D eigenvalue weighted by molar-refractivity contribution is 6.02. The number of alkyl halides is 6. The van der Waals surface area contributed by atoms with Gasteiger partial charge in [-0.25, -0.2) is 14.6 Å². The minimum Gasteiger partial charge on any atom is -0.444 e. The number of amides is 2. The molecule has 222 valence electrons. The van der Waals surface area contributed by atoms with Gasteiger partial charge in [-0.1, -0.05) is 6.07 Å². The van der Waals surface area contributed by atoms with Crippen LogP contribution in [0, 0.1) is 6.92 Å². The van der Waals surface area contributed by atoms with Crippen molar-refractivity contribution in [1.82, 2.24) is 9.97 Å². The molecule has 0 atom stereocenters. The van der Waals surface area contributed by atoms with Crippen LogP contribution in [-0.4, -0.2) is 33.4 Å². The minimum atomic E-state index is -5.05. The number of halogens is 6. The summed E-state index contributed by atoms with van der Waals surface area (Å²) in [6, 6.07) is 3.84. The van der Waals surface area contributed by atoms with Crippen LogP contribution in [0.3, 0.4) is 0 Å². The van der Waals surface area contributed by atoms with Gasteiger partial charge >= 0.3 is 24.5 Å². The smallest absolute Gasteiger partial charge is 0.416 e. The first-order valence-corrected chi connectivity index (χ1v) is 12.1. The number of hydrogen-bond donors (Lipinski definition) is 2. The third-order valence-electron chi connectivity index (χ3n) is 5.25. The number of nitrogens with zero attached hydrogens (tertiary/aromatic N) is 2. The summed E-state index contributed by atoms with van der Waals surface area (Å²) in [4.78, 5) is 33.3. The standard InChI is InChI=1S/C27H28F6N4O4/c1-13-17(14-10-15(26(28,29)30)12-16(11-14)27(31,32)33)8-9-18-19(13)20(36-22(38)40-24(2,3)4)35-21(34-18)37-23(39)41-25(5,6)7/h8-12H,1-7H3,(H2,34,35,36,37,38,39). The lowest BCUT2D eigenvalue weighted by atomic mass is 9.94. The van der Waals surface area contributed by atoms with Crippen molar-refractivity contribution < 1.29 is 45.4 Å². The number of rotatable bonds is 3. The summed E-state index contributed by atoms with van der Waals surface area (Å²) in [7, 11) is 0. The molecule has 2 amide bonds. The average Bonchev–Trinajstić information content (AvgIpc) is 2.74. The Morgan fingerprint density at radius 2 is 1.22 bits per heavy atom. The SMILES string of the molecule is Cc1c(-c2cc(C(F)(F)F)cc(C(F)(F)F)c2)ccc2nc(NC(=O)OC(C)(C)C)nc(NC(=O)OC(C)(C)C)c12. The molecular formula is C27H28F6N4O4. The summed E-state index contributed by atoms with van der Waals surface area (Å²) in [5.41, 5.74) is -4.85. The molecule has 0 fully saturated rings. The molecule has 2 N–H and O–H groups in total. The van der Waals surface area contributed by atoms with Crippen molar-refractivity contribution in [2.45, 2.75) is 72.0 Å². The van der Waals surface area contributed by atoms with Gasteiger partial charge < -0.3 is 9.47 Å². The van der Waals surface area contributed by atoms with E-state index in [2.05, 4.69) is 20.6 Å². The van der Waals surface area contributed by atoms with E-state index in [4.69, 9.17) is 9.47 Å². The van der Waals surface area contributed by atoms with Crippen molar-refractivity contribution >= 4 is 34.9 Å². The summed E-state index contributed by atoms with van der Waals surface area (Å²) in [6.45, 7) is 11.1. The second kappa shape index (κ2) is 10.7. The maximum atomic E-state index is 13.5. The highest BCUT2D eigenvalue weighted by Crippen LogP contribution is 2.41. The third-order valence-corrected chi connectivity index (χ3v) is 5.25. The van der Waals surface area contributed by atoms with Gasteiger partial charge in [0.25, 0.3) is 0 Å². The number of ether oxygens (including phenoxy) is 2. The van der Waals surface area contributed by atoms with Crippen LogP contribution in [0.5, 0.6) is 0 Å². The molecule has 8 nitrogen and oxygen atoms in total. The second-order valence-corrected chi connectivity index (χ2v) is 11.1. The number of benzene rings is 2. The first-order valence-electron chi connectivity index (χ1n) is 12.1. The number of anilines is 2. The fourth-order valence-corrected chi connectivity index (χ4v) is 3.76. The zero-order chi connectivity index (χ0) is 31.1. The Morgan fingerprint density at radius 3 is 1.68 bits per heavy atom. The van der Waals surface area contributed by atoms with E-state index in [1.165, 1.54) is 19.1 Å². The van der Waals surface area contributed by atoms with Crippen molar-refractivity contribution in [2.24, 2.45) is 0 Å². The number of fused-ring (bicyclic) bond motifs is 1. The molecule has 0 bridgehead atoms. The van der Waals surface area contributed by atoms with Gasteiger partial charge in [-0.05, 0) is 89.4 Å². The Balaban J connectivity index is 2.24. The van der Waals surface area contributed by atoms with E-state index < -0.39 is 46.9 Å². The topological polar surface area (TPSA) is 102 Å². The van der Waals surface area contributed by atoms with Gasteiger partial charge in [0.15, 0.2) is 0 Å². The molecule has 0 aliphatic carbocycles. The van der Waals surface area contributed by atoms with Gasteiger partial charge in [0.1, 0.15) is 17.0 Å². The first kappa shape index (κ1) is 31.4. The van der Waals surface area contributed by atoms with Crippen LogP contribution in [0.2, 0.25) is 0 Å². The molecule has 3 aromatic rings. The van der Waals surface area contributed by atoms with Crippen molar-refractivity contribution in [3.8, 4) is 11.1 Å². The molecule has 0 aliphatic rings. The largest absolute Gasteiger partial charge is 0.444 e. The molecule has 3 rings (SSSR count). The molecule has 1 heterocycles. The normalized spacial score (nSPS) is 12.7. The van der Waals surface area contributed by atoms with E-state index in [0.29, 0.717) is 12.1 Å². The number of aryl methyl sites for hydroxylation is 1. The van der Waals surface area contributed by atoms with Crippen molar-refractivity contribution in [3.63, 3.8) is 0 Å². The third kappa shape index (κ3) is 8.21. The second-order valence-electron chi connectivity index (χ2n) is 11.1. The molecule has 14 heteroatoms. The Morgan fingerprint density at radius 1 is 0.732 bits per heavy atom. The lowest BCUT2D eigenvalue weighted by Gasteiger charge is -2.21. The molecule has 0 unspecified atom stereocenters. The highest BCUT2D eigenvalue weighted by atomic mass is 19.4. The number of hydrogen-bond acceptors (Lipinski definition) is 6. The molecular weight excluding hydrogens is 558 g/mol. The van der Waals surface area contributed by atoms with E-state index in [1.807, 2.05) is 0 Å². The fraction of sp³-hybridized carbons (Fsp3) is 0.407. The first-order chi connectivity index (χ1) is 18.5. The average molecular weight is 587 g/mol. The van der Waals surface area contributed by atoms with Gasteiger partial charge in [-0.2, -0.15) is 31.3 Å². The lowest BCUT2D eigenvalue weighted by Crippen LogP contribution is -2.29. The lowest BCUT2D eigenvalue weighted by molar-refractivity contribution is -0.143. The van der Waals surface area contributed by atoms with Crippen LogP contribution >= 0.6 is 0 Å². The van der Waals surface area contributed by atoms with Crippen LogP contribution in [0.1, 0.15) is 58.2 Å². The maximum Gasteiger partial charge on any atom is 0.416 e. The van der Waals surface area contributed by atoms with Crippen molar-refractivity contribution in [1.29, 1.82) is 0 Å². The molecule has 0 saturated heterocycles.